The monoisotopic (exact) mass is 1480 g/mol. The Morgan fingerprint density at radius 1 is 0.610 bits per heavy atom. The van der Waals surface area contributed by atoms with Gasteiger partial charge in [0.1, 0.15) is 84.3 Å². The Morgan fingerprint density at radius 3 is 1.69 bits per heavy atom. The van der Waals surface area contributed by atoms with Gasteiger partial charge >= 0.3 is 5.97 Å². The average molecular weight is 1480 g/mol. The molecule has 1 aromatic rings. The fraction of sp³-hybridized carbons (Fsp3) is 0.707. The second-order valence-electron chi connectivity index (χ2n) is 30.2. The molecule has 15 N–H and O–H groups in total. The van der Waals surface area contributed by atoms with Crippen LogP contribution >= 0.6 is 0 Å². The van der Waals surface area contributed by atoms with Gasteiger partial charge in [-0.25, -0.2) is 4.79 Å². The van der Waals surface area contributed by atoms with Gasteiger partial charge in [-0.05, 0) is 112 Å². The number of nitrogens with zero attached hydrogens (tertiary/aromatic N) is 1. The van der Waals surface area contributed by atoms with Crippen LogP contribution in [0.1, 0.15) is 195 Å². The van der Waals surface area contributed by atoms with Crippen molar-refractivity contribution in [2.75, 3.05) is 13.1 Å². The van der Waals surface area contributed by atoms with Crippen LogP contribution in [0.5, 0.6) is 0 Å². The van der Waals surface area contributed by atoms with Crippen LogP contribution in [0, 0.1) is 47.3 Å². The summed E-state index contributed by atoms with van der Waals surface area (Å²) in [7, 11) is 0. The molecule has 2 aliphatic heterocycles. The van der Waals surface area contributed by atoms with Crippen molar-refractivity contribution < 1.29 is 77.0 Å². The molecule has 2 heterocycles. The standard InChI is InChI=1S/C75H124N14O16/c1-20-44(16)59(71(100)88-62-47(19)105-75(104)58(43(14)15)84-63(92)49(22-3)77-65(94)51(37-48-30-24-23-25-31-48)79-67(96)55(40(8)9)81-70(99)60(45(17)21-2)86-73(62)102)85-64(93)50(32-27-35-76)78-66(95)52-33-28-36-89(52)74(103)57(42(12)13)83-69(98)56(41(10)11)82-72(101)61(46(18)90)87-68(97)54(39(6)7)80-53(91)34-26-29-38(4)5/h22-25,30-31,38-47,50-52,54-62,90H,20-21,26-29,32-37,76H2,1-19H3,(H,77,94)(H,78,95)(H,79,96)(H,80,91)(H,81,99)(H,82,101)(H,83,98)(H,84,92)(H,85,93)(H,86,102)(H,87,97)(H,88,100)/b49-22-/t44?,45-,46?,47?,50-,51-,52+,54+,55+,56-,57+,58-,59+,60?,61-,62+/m0/s1. The first-order chi connectivity index (χ1) is 49.2. The van der Waals surface area contributed by atoms with Crippen LogP contribution in [0.4, 0.5) is 0 Å². The number of aliphatic hydroxyl groups is 1. The number of allylic oxidation sites excluding steroid dienone is 1. The van der Waals surface area contributed by atoms with Crippen LogP contribution in [-0.4, -0.2) is 191 Å². The van der Waals surface area contributed by atoms with Crippen LogP contribution in [0.2, 0.25) is 0 Å². The Balaban J connectivity index is 2.00. The third kappa shape index (κ3) is 27.7. The second-order valence-corrected chi connectivity index (χ2v) is 30.2. The first-order valence-electron chi connectivity index (χ1n) is 37.5. The number of nitrogens with two attached hydrogens (primary N) is 1. The van der Waals surface area contributed by atoms with Crippen molar-refractivity contribution in [1.82, 2.24) is 68.7 Å². The van der Waals surface area contributed by atoms with E-state index in [1.165, 1.54) is 31.7 Å². The number of carbonyl (C=O) groups is 14. The van der Waals surface area contributed by atoms with Gasteiger partial charge in [-0.2, -0.15) is 0 Å². The molecule has 3 rings (SSSR count). The van der Waals surface area contributed by atoms with Crippen LogP contribution in [-0.2, 0) is 78.3 Å². The minimum atomic E-state index is -1.83. The van der Waals surface area contributed by atoms with Crippen molar-refractivity contribution in [2.24, 2.45) is 53.1 Å². The molecule has 30 nitrogen and oxygen atoms in total. The Morgan fingerprint density at radius 2 is 1.15 bits per heavy atom. The first-order valence-corrected chi connectivity index (χ1v) is 37.5. The van der Waals surface area contributed by atoms with Gasteiger partial charge in [0.05, 0.1) is 6.10 Å². The van der Waals surface area contributed by atoms with Gasteiger partial charge in [-0.1, -0.05) is 166 Å². The largest absolute Gasteiger partial charge is 0.458 e. The molecule has 0 aromatic heterocycles. The Labute approximate surface area is 620 Å². The van der Waals surface area contributed by atoms with E-state index < -0.39 is 203 Å². The maximum absolute atomic E-state index is 15.0. The van der Waals surface area contributed by atoms with E-state index in [9.17, 15) is 62.6 Å². The highest BCUT2D eigenvalue weighted by atomic mass is 16.5. The van der Waals surface area contributed by atoms with Crippen molar-refractivity contribution in [3.8, 4) is 0 Å². The number of ether oxygens (including phenoxy) is 1. The van der Waals surface area contributed by atoms with Gasteiger partial charge in [-0.15, -0.1) is 0 Å². The third-order valence-corrected chi connectivity index (χ3v) is 19.3. The third-order valence-electron chi connectivity index (χ3n) is 19.3. The molecule has 30 heteroatoms. The molecular formula is C75H124N14O16. The molecule has 4 unspecified atom stereocenters. The molecule has 2 saturated heterocycles. The predicted molar refractivity (Wildman–Crippen MR) is 395 cm³/mol. The van der Waals surface area contributed by atoms with Gasteiger partial charge in [0.2, 0.25) is 70.9 Å². The van der Waals surface area contributed by atoms with E-state index in [0.29, 0.717) is 30.7 Å². The fourth-order valence-electron chi connectivity index (χ4n) is 12.1. The highest BCUT2D eigenvalue weighted by Gasteiger charge is 2.44. The number of nitrogens with one attached hydrogen (secondary N) is 12. The Kier molecular flexibility index (Phi) is 37.8. The lowest BCUT2D eigenvalue weighted by Gasteiger charge is -2.33. The first kappa shape index (κ1) is 90.7. The van der Waals surface area contributed by atoms with Crippen LogP contribution in [0.15, 0.2) is 42.1 Å². The predicted octanol–water partition coefficient (Wildman–Crippen LogP) is 1.84. The summed E-state index contributed by atoms with van der Waals surface area (Å²) in [6.07, 6.45) is 1.02. The number of amides is 13. The van der Waals surface area contributed by atoms with E-state index in [2.05, 4.69) is 63.8 Å². The highest BCUT2D eigenvalue weighted by Crippen LogP contribution is 2.23. The number of carbonyl (C=O) groups excluding carboxylic acids is 14. The second kappa shape index (κ2) is 43.8. The fourth-order valence-corrected chi connectivity index (χ4v) is 12.1. The molecule has 16 atom stereocenters. The SMILES string of the molecule is C/C=C1\NC(=O)[C@H](Cc2ccccc2)NC(=O)[C@@H](C(C)C)NC(=O)C([C@@H](C)CC)NC(=O)[C@H](NC(=O)[C@H](NC(=O)[C@H](CCCN)NC(=O)[C@H]2CCCN2C(=O)[C@H](NC(=O)[C@@H](NC(=O)[C@@H](NC(=O)[C@H](NC(=O)CCCC(C)C)C(C)C)C(C)O)C(C)C)C(C)C)C(C)CC)C(C)OC(=O)[C@H](C(C)C)NC1=O. The van der Waals surface area contributed by atoms with E-state index in [0.717, 1.165) is 6.42 Å². The van der Waals surface area contributed by atoms with E-state index >= 15 is 9.59 Å². The lowest BCUT2D eigenvalue weighted by atomic mass is 9.95. The molecular weight excluding hydrogens is 1350 g/mol. The topological polar surface area (TPSA) is 442 Å². The lowest BCUT2D eigenvalue weighted by molar-refractivity contribution is -0.157. The molecule has 13 amide bonds. The zero-order valence-electron chi connectivity index (χ0n) is 65.2. The minimum Gasteiger partial charge on any atom is -0.458 e. The molecule has 0 radical (unpaired) electrons. The van der Waals surface area contributed by atoms with Crippen LogP contribution < -0.4 is 69.5 Å². The summed E-state index contributed by atoms with van der Waals surface area (Å²) >= 11 is 0. The van der Waals surface area contributed by atoms with Gasteiger partial charge < -0.3 is 84.3 Å². The number of hydrogen-bond donors (Lipinski definition) is 14. The van der Waals surface area contributed by atoms with E-state index in [-0.39, 0.29) is 63.2 Å². The number of likely N-dealkylation sites (tertiary alicyclic amines) is 1. The van der Waals surface area contributed by atoms with Gasteiger partial charge in [-0.3, -0.25) is 62.3 Å². The van der Waals surface area contributed by atoms with Crippen molar-refractivity contribution >= 4 is 82.8 Å². The summed E-state index contributed by atoms with van der Waals surface area (Å²) in [6.45, 7) is 31.8. The van der Waals surface area contributed by atoms with Crippen molar-refractivity contribution in [3.05, 3.63) is 47.7 Å². The molecule has 590 valence electrons. The number of benzene rings is 1. The molecule has 0 saturated carbocycles. The highest BCUT2D eigenvalue weighted by molar-refractivity contribution is 6.03. The van der Waals surface area contributed by atoms with Gasteiger partial charge in [0.15, 0.2) is 0 Å². The van der Waals surface area contributed by atoms with E-state index in [1.807, 2.05) is 13.8 Å². The maximum atomic E-state index is 15.0. The van der Waals surface area contributed by atoms with Crippen LogP contribution in [0.3, 0.4) is 0 Å². The number of hydrogen-bond acceptors (Lipinski definition) is 17. The number of cyclic esters (lactones) is 1. The molecule has 2 fully saturated rings. The summed E-state index contributed by atoms with van der Waals surface area (Å²) in [5.41, 5.74) is 6.34. The number of rotatable bonds is 33. The summed E-state index contributed by atoms with van der Waals surface area (Å²) < 4.78 is 5.96. The summed E-state index contributed by atoms with van der Waals surface area (Å²) in [4.78, 5) is 202. The summed E-state index contributed by atoms with van der Waals surface area (Å²) in [5.74, 6) is -15.1. The van der Waals surface area contributed by atoms with Gasteiger partial charge in [0.25, 0.3) is 5.91 Å². The van der Waals surface area contributed by atoms with Crippen molar-refractivity contribution in [1.29, 1.82) is 0 Å². The van der Waals surface area contributed by atoms with Crippen molar-refractivity contribution in [2.45, 2.75) is 280 Å². The molecule has 1 aromatic carbocycles. The zero-order chi connectivity index (χ0) is 79.4. The van der Waals surface area contributed by atoms with E-state index in [1.54, 1.807) is 127 Å². The molecule has 2 aliphatic rings. The summed E-state index contributed by atoms with van der Waals surface area (Å²) in [6, 6.07) is -7.67. The average Bonchev–Trinajstić information content (AvgIpc) is 1.79. The molecule has 105 heavy (non-hydrogen) atoms. The zero-order valence-corrected chi connectivity index (χ0v) is 65.2. The maximum Gasteiger partial charge on any atom is 0.329 e. The summed E-state index contributed by atoms with van der Waals surface area (Å²) in [5, 5.41) is 43.2. The Bertz CT molecular complexity index is 3160. The lowest BCUT2D eigenvalue weighted by Crippen LogP contribution is -2.64. The normalized spacial score (nSPS) is 22.6. The quantitative estimate of drug-likeness (QED) is 0.0353. The van der Waals surface area contributed by atoms with Crippen molar-refractivity contribution in [3.63, 3.8) is 0 Å². The smallest absolute Gasteiger partial charge is 0.329 e. The Hall–Kier alpha value is -8.54. The van der Waals surface area contributed by atoms with Crippen LogP contribution in [0.25, 0.3) is 0 Å². The van der Waals surface area contributed by atoms with Gasteiger partial charge in [0, 0.05) is 19.4 Å². The molecule has 0 aliphatic carbocycles. The number of aliphatic hydroxyl groups excluding tert-OH is 1. The molecule has 0 spiro atoms. The number of esters is 1. The molecule has 0 bridgehead atoms. The van der Waals surface area contributed by atoms with E-state index in [4.69, 9.17) is 10.5 Å². The minimum absolute atomic E-state index is 0.0355.